The lowest BCUT2D eigenvalue weighted by molar-refractivity contribution is -0.197. The predicted octanol–water partition coefficient (Wildman–Crippen LogP) is 5.19. The van der Waals surface area contributed by atoms with E-state index in [9.17, 15) is 14.7 Å². The van der Waals surface area contributed by atoms with E-state index in [0.717, 1.165) is 69.5 Å². The van der Waals surface area contributed by atoms with E-state index < -0.39 is 22.2 Å². The number of carbonyl (C=O) groups excluding carboxylic acids is 1. The Morgan fingerprint density at radius 1 is 1.20 bits per heavy atom. The highest BCUT2D eigenvalue weighted by Crippen LogP contribution is 2.84. The molecule has 4 aliphatic carbocycles. The molecule has 1 N–H and O–H groups in total. The number of aliphatic carboxylic acids is 1. The van der Waals surface area contributed by atoms with E-state index in [2.05, 4.69) is 38.7 Å². The molecule has 2 aliphatic heterocycles. The quantitative estimate of drug-likeness (QED) is 0.416. The number of carboxylic acid groups (broad SMARTS) is 1. The minimum absolute atomic E-state index is 0.0705. The van der Waals surface area contributed by atoms with Crippen molar-refractivity contribution in [3.05, 3.63) is 11.6 Å². The van der Waals surface area contributed by atoms with Crippen LogP contribution in [-0.4, -0.2) is 54.1 Å². The molecule has 10 atom stereocenters. The number of rotatable bonds is 6. The lowest BCUT2D eigenvalue weighted by Crippen LogP contribution is -2.65. The molecule has 0 aromatic rings. The summed E-state index contributed by atoms with van der Waals surface area (Å²) in [4.78, 5) is 29.5. The van der Waals surface area contributed by atoms with Crippen LogP contribution in [0.5, 0.6) is 0 Å². The van der Waals surface area contributed by atoms with E-state index in [1.807, 2.05) is 0 Å². The van der Waals surface area contributed by atoms with Gasteiger partial charge in [0.2, 0.25) is 0 Å². The molecule has 0 aromatic heterocycles. The van der Waals surface area contributed by atoms with Crippen molar-refractivity contribution in [2.45, 2.75) is 91.3 Å². The number of allylic oxidation sites excluding steroid dienone is 1. The Balaban J connectivity index is 1.40. The van der Waals surface area contributed by atoms with Crippen LogP contribution in [0.25, 0.3) is 0 Å². The van der Waals surface area contributed by atoms with Gasteiger partial charge in [-0.3, -0.25) is 4.79 Å². The zero-order valence-electron chi connectivity index (χ0n) is 22.2. The average molecular weight is 484 g/mol. The van der Waals surface area contributed by atoms with Crippen LogP contribution >= 0.6 is 0 Å². The van der Waals surface area contributed by atoms with E-state index >= 15 is 0 Å². The summed E-state index contributed by atoms with van der Waals surface area (Å²) < 4.78 is 6.96. The second-order valence-electron chi connectivity index (χ2n) is 13.7. The Kier molecular flexibility index (Phi) is 5.62. The van der Waals surface area contributed by atoms with Crippen molar-refractivity contribution < 1.29 is 19.4 Å². The van der Waals surface area contributed by atoms with Gasteiger partial charge in [-0.15, -0.1) is 0 Å². The Bertz CT molecular complexity index is 929. The number of carboxylic acids is 1. The number of hydrogen-bond donors (Lipinski definition) is 1. The summed E-state index contributed by atoms with van der Waals surface area (Å²) in [6.07, 6.45) is 11.8. The summed E-state index contributed by atoms with van der Waals surface area (Å²) in [7, 11) is 0. The number of hydrogen-bond acceptors (Lipinski definition) is 4. The van der Waals surface area contributed by atoms with Crippen molar-refractivity contribution in [3.8, 4) is 0 Å². The second kappa shape index (κ2) is 8.15. The summed E-state index contributed by atoms with van der Waals surface area (Å²) >= 11 is 0. The van der Waals surface area contributed by atoms with Gasteiger partial charge in [-0.05, 0) is 87.0 Å². The maximum absolute atomic E-state index is 13.7. The fourth-order valence-corrected chi connectivity index (χ4v) is 10.8. The number of nitrogens with zero attached hydrogens (tertiary/aromatic N) is 1. The summed E-state index contributed by atoms with van der Waals surface area (Å²) in [6.45, 7) is 12.2. The average Bonchev–Trinajstić information content (AvgIpc) is 3.54. The largest absolute Gasteiger partial charge is 0.481 e. The molecule has 0 spiro atoms. The molecule has 35 heavy (non-hydrogen) atoms. The zero-order valence-corrected chi connectivity index (χ0v) is 22.2. The number of ether oxygens (including phenoxy) is 1. The van der Waals surface area contributed by atoms with Crippen LogP contribution in [0.15, 0.2) is 11.6 Å². The van der Waals surface area contributed by atoms with Crippen molar-refractivity contribution in [3.63, 3.8) is 0 Å². The van der Waals surface area contributed by atoms with Gasteiger partial charge in [-0.1, -0.05) is 45.8 Å². The summed E-state index contributed by atoms with van der Waals surface area (Å²) in [5.41, 5.74) is -1.34. The van der Waals surface area contributed by atoms with E-state index in [0.29, 0.717) is 18.3 Å². The molecule has 6 rings (SSSR count). The zero-order chi connectivity index (χ0) is 24.8. The first kappa shape index (κ1) is 24.2. The molecule has 2 saturated heterocycles. The van der Waals surface area contributed by atoms with Crippen molar-refractivity contribution >= 4 is 12.3 Å². The molecule has 6 aliphatic rings. The smallest absolute Gasteiger partial charge is 0.315 e. The summed E-state index contributed by atoms with van der Waals surface area (Å²) in [5, 5.41) is 11.2. The highest BCUT2D eigenvalue weighted by molar-refractivity contribution is 5.90. The predicted molar refractivity (Wildman–Crippen MR) is 135 cm³/mol. The minimum atomic E-state index is -1.11. The monoisotopic (exact) mass is 483 g/mol. The van der Waals surface area contributed by atoms with Crippen LogP contribution in [0.3, 0.4) is 0 Å². The van der Waals surface area contributed by atoms with Crippen LogP contribution in [0.1, 0.15) is 79.1 Å². The summed E-state index contributed by atoms with van der Waals surface area (Å²) in [5.74, 6) is 1.43. The Morgan fingerprint density at radius 3 is 2.69 bits per heavy atom. The standard InChI is InChI=1S/C30H45NO4/c1-18(2)25-12-21-13-28(17-32)24-9-7-20(4)23(24)14-29(21,30(25,28)27(33)34)26-10-8-22(35-26)16-31-11-5-6-19(3)15-31/h12,17-24,26H,5-11,13-16H2,1-4H3,(H,33,34)/t19?,20-,21?,22?,23-,24-,26?,28?,29?,30?/m1/s1. The number of fused-ring (bicyclic) bond motifs is 2. The SMILES string of the molecule is CC1CCCN(CC2CCC(C34C[C@@H]5[C@H](C)CC[C@H]5C5(C=O)CC3C=C(C(C)C)C45C(=O)O)O2)C1. The molecule has 0 aromatic carbocycles. The minimum Gasteiger partial charge on any atom is -0.481 e. The molecule has 5 nitrogen and oxygen atoms in total. The van der Waals surface area contributed by atoms with Crippen LogP contribution in [0.4, 0.5) is 0 Å². The molecule has 0 amide bonds. The molecule has 3 saturated carbocycles. The lowest BCUT2D eigenvalue weighted by Gasteiger charge is -2.60. The Morgan fingerprint density at radius 2 is 2.00 bits per heavy atom. The third-order valence-corrected chi connectivity index (χ3v) is 11.9. The molecule has 5 heteroatoms. The first-order valence-corrected chi connectivity index (χ1v) is 14.5. The molecule has 4 bridgehead atoms. The van der Waals surface area contributed by atoms with Gasteiger partial charge in [0.05, 0.1) is 17.6 Å². The first-order valence-electron chi connectivity index (χ1n) is 14.5. The van der Waals surface area contributed by atoms with Crippen molar-refractivity contribution in [2.24, 2.45) is 51.8 Å². The normalized spacial score (nSPS) is 51.0. The molecule has 2 heterocycles. The maximum atomic E-state index is 13.7. The van der Waals surface area contributed by atoms with Gasteiger partial charge in [0.15, 0.2) is 0 Å². The number of aldehydes is 1. The van der Waals surface area contributed by atoms with E-state index in [1.165, 1.54) is 12.8 Å². The molecule has 0 radical (unpaired) electrons. The van der Waals surface area contributed by atoms with Crippen LogP contribution in [-0.2, 0) is 14.3 Å². The van der Waals surface area contributed by atoms with Gasteiger partial charge in [0.1, 0.15) is 11.7 Å². The van der Waals surface area contributed by atoms with Crippen LogP contribution < -0.4 is 0 Å². The first-order chi connectivity index (χ1) is 16.7. The van der Waals surface area contributed by atoms with E-state index in [-0.39, 0.29) is 30.0 Å². The highest BCUT2D eigenvalue weighted by atomic mass is 16.5. The van der Waals surface area contributed by atoms with Gasteiger partial charge in [-0.25, -0.2) is 0 Å². The maximum Gasteiger partial charge on any atom is 0.315 e. The fourth-order valence-electron chi connectivity index (χ4n) is 10.8. The third kappa shape index (κ3) is 2.89. The summed E-state index contributed by atoms with van der Waals surface area (Å²) in [6, 6.07) is 0. The van der Waals surface area contributed by atoms with Gasteiger partial charge < -0.3 is 19.5 Å². The number of piperidine rings is 1. The number of likely N-dealkylation sites (tertiary alicyclic amines) is 1. The van der Waals surface area contributed by atoms with E-state index in [4.69, 9.17) is 4.74 Å². The van der Waals surface area contributed by atoms with Crippen molar-refractivity contribution in [1.82, 2.24) is 4.90 Å². The number of carbonyl (C=O) groups is 2. The van der Waals surface area contributed by atoms with Crippen molar-refractivity contribution in [1.29, 1.82) is 0 Å². The highest BCUT2D eigenvalue weighted by Gasteiger charge is 2.86. The van der Waals surface area contributed by atoms with Crippen LogP contribution in [0.2, 0.25) is 0 Å². The molecular weight excluding hydrogens is 438 g/mol. The molecule has 5 fully saturated rings. The van der Waals surface area contributed by atoms with Crippen LogP contribution in [0, 0.1) is 51.8 Å². The fraction of sp³-hybridized carbons (Fsp3) is 0.867. The Labute approximate surface area is 211 Å². The van der Waals surface area contributed by atoms with Gasteiger partial charge in [0, 0.05) is 18.5 Å². The van der Waals surface area contributed by atoms with Gasteiger partial charge in [0.25, 0.3) is 0 Å². The molecule has 194 valence electrons. The topological polar surface area (TPSA) is 66.8 Å². The Hall–Kier alpha value is -1.20. The van der Waals surface area contributed by atoms with E-state index in [1.54, 1.807) is 0 Å². The third-order valence-electron chi connectivity index (χ3n) is 11.9. The van der Waals surface area contributed by atoms with Gasteiger partial charge >= 0.3 is 5.97 Å². The molecular formula is C30H45NO4. The molecule has 7 unspecified atom stereocenters. The second-order valence-corrected chi connectivity index (χ2v) is 13.7. The lowest BCUT2D eigenvalue weighted by atomic mass is 9.41. The van der Waals surface area contributed by atoms with Gasteiger partial charge in [-0.2, -0.15) is 0 Å². The van der Waals surface area contributed by atoms with Crippen molar-refractivity contribution in [2.75, 3.05) is 19.6 Å².